The van der Waals surface area contributed by atoms with E-state index in [-0.39, 0.29) is 10.8 Å². The van der Waals surface area contributed by atoms with Crippen molar-refractivity contribution in [2.75, 3.05) is 39.6 Å². The van der Waals surface area contributed by atoms with Crippen molar-refractivity contribution in [3.05, 3.63) is 23.8 Å². The molecule has 3 rings (SSSR count). The van der Waals surface area contributed by atoms with Crippen LogP contribution < -0.4 is 9.47 Å². The maximum atomic E-state index is 6.18. The van der Waals surface area contributed by atoms with E-state index in [2.05, 4.69) is 26.8 Å². The fourth-order valence-electron chi connectivity index (χ4n) is 2.94. The molecule has 2 aliphatic heterocycles. The highest BCUT2D eigenvalue weighted by atomic mass is 16.5. The molecule has 2 saturated heterocycles. The third-order valence-corrected chi connectivity index (χ3v) is 5.37. The molecular formula is C19H28O4. The molecule has 2 fully saturated rings. The van der Waals surface area contributed by atoms with Crippen LogP contribution in [0, 0.1) is 17.8 Å². The second kappa shape index (κ2) is 6.70. The first kappa shape index (κ1) is 16.6. The first-order chi connectivity index (χ1) is 11.1. The van der Waals surface area contributed by atoms with Gasteiger partial charge in [-0.2, -0.15) is 0 Å². The summed E-state index contributed by atoms with van der Waals surface area (Å²) in [6, 6.07) is 6.09. The van der Waals surface area contributed by atoms with E-state index >= 15 is 0 Å². The van der Waals surface area contributed by atoms with Crippen LogP contribution in [0.15, 0.2) is 18.2 Å². The monoisotopic (exact) mass is 320 g/mol. The lowest BCUT2D eigenvalue weighted by Gasteiger charge is -2.41. The Hall–Kier alpha value is -1.26. The van der Waals surface area contributed by atoms with E-state index in [0.717, 1.165) is 56.3 Å². The number of para-hydroxylation sites is 1. The molecular weight excluding hydrogens is 292 g/mol. The van der Waals surface area contributed by atoms with Crippen LogP contribution in [0.3, 0.4) is 0 Å². The predicted molar refractivity (Wildman–Crippen MR) is 89.3 cm³/mol. The molecule has 0 atom stereocenters. The third kappa shape index (κ3) is 3.33. The molecule has 0 radical (unpaired) electrons. The molecule has 0 saturated carbocycles. The first-order valence-electron chi connectivity index (χ1n) is 8.63. The molecule has 0 aliphatic carbocycles. The van der Waals surface area contributed by atoms with Crippen molar-refractivity contribution in [3.8, 4) is 11.5 Å². The van der Waals surface area contributed by atoms with Gasteiger partial charge in [-0.15, -0.1) is 0 Å². The van der Waals surface area contributed by atoms with Gasteiger partial charge in [0.15, 0.2) is 11.5 Å². The molecule has 0 spiro atoms. The normalized spacial score (nSPS) is 21.2. The van der Waals surface area contributed by atoms with Crippen LogP contribution in [0.5, 0.6) is 11.5 Å². The minimum atomic E-state index is 0.173. The summed E-state index contributed by atoms with van der Waals surface area (Å²) >= 11 is 0. The Kier molecular flexibility index (Phi) is 4.83. The Bertz CT molecular complexity index is 521. The van der Waals surface area contributed by atoms with Crippen LogP contribution in [0.1, 0.15) is 32.3 Å². The lowest BCUT2D eigenvalue weighted by Crippen LogP contribution is -2.47. The number of rotatable bonds is 8. The Balaban J connectivity index is 1.66. The van der Waals surface area contributed by atoms with E-state index in [1.54, 1.807) is 0 Å². The summed E-state index contributed by atoms with van der Waals surface area (Å²) in [7, 11) is 0. The lowest BCUT2D eigenvalue weighted by molar-refractivity contribution is -0.136. The van der Waals surface area contributed by atoms with Gasteiger partial charge in [0, 0.05) is 0 Å². The fourth-order valence-corrected chi connectivity index (χ4v) is 2.94. The number of benzene rings is 1. The minimum Gasteiger partial charge on any atom is -0.489 e. The van der Waals surface area contributed by atoms with Crippen molar-refractivity contribution < 1.29 is 18.9 Å². The van der Waals surface area contributed by atoms with E-state index in [1.165, 1.54) is 0 Å². The quantitative estimate of drug-likeness (QED) is 0.733. The van der Waals surface area contributed by atoms with Gasteiger partial charge >= 0.3 is 0 Å². The van der Waals surface area contributed by atoms with Crippen LogP contribution in [0.25, 0.3) is 0 Å². The van der Waals surface area contributed by atoms with E-state index in [0.29, 0.717) is 13.2 Å². The Morgan fingerprint density at radius 3 is 1.96 bits per heavy atom. The largest absolute Gasteiger partial charge is 0.489 e. The van der Waals surface area contributed by atoms with Gasteiger partial charge in [0.2, 0.25) is 0 Å². The summed E-state index contributed by atoms with van der Waals surface area (Å²) in [6.45, 7) is 11.0. The summed E-state index contributed by atoms with van der Waals surface area (Å²) < 4.78 is 23.1. The molecule has 0 unspecified atom stereocenters. The second-order valence-corrected chi connectivity index (χ2v) is 7.17. The van der Waals surface area contributed by atoms with Crippen molar-refractivity contribution in [1.82, 2.24) is 0 Å². The highest BCUT2D eigenvalue weighted by molar-refractivity contribution is 5.46. The van der Waals surface area contributed by atoms with Crippen molar-refractivity contribution >= 4 is 0 Å². The molecule has 128 valence electrons. The van der Waals surface area contributed by atoms with Crippen molar-refractivity contribution in [3.63, 3.8) is 0 Å². The average Bonchev–Trinajstić information content (AvgIpc) is 2.48. The molecule has 4 heteroatoms. The van der Waals surface area contributed by atoms with Crippen LogP contribution in [-0.2, 0) is 9.47 Å². The average molecular weight is 320 g/mol. The second-order valence-electron chi connectivity index (χ2n) is 7.17. The molecule has 1 aromatic carbocycles. The van der Waals surface area contributed by atoms with Gasteiger partial charge < -0.3 is 18.9 Å². The highest BCUT2D eigenvalue weighted by Gasteiger charge is 2.39. The van der Waals surface area contributed by atoms with Gasteiger partial charge in [-0.1, -0.05) is 26.0 Å². The van der Waals surface area contributed by atoms with Crippen LogP contribution in [0.4, 0.5) is 0 Å². The smallest absolute Gasteiger partial charge is 0.164 e. The minimum absolute atomic E-state index is 0.173. The maximum Gasteiger partial charge on any atom is 0.164 e. The van der Waals surface area contributed by atoms with E-state index in [9.17, 15) is 0 Å². The molecule has 4 nitrogen and oxygen atoms in total. The summed E-state index contributed by atoms with van der Waals surface area (Å²) in [5.74, 6) is 1.72. The molecule has 23 heavy (non-hydrogen) atoms. The molecule has 0 amide bonds. The van der Waals surface area contributed by atoms with Crippen LogP contribution in [0.2, 0.25) is 0 Å². The van der Waals surface area contributed by atoms with Gasteiger partial charge in [0.25, 0.3) is 0 Å². The zero-order valence-electron chi connectivity index (χ0n) is 14.5. The topological polar surface area (TPSA) is 36.9 Å². The third-order valence-electron chi connectivity index (χ3n) is 5.37. The van der Waals surface area contributed by atoms with E-state index in [1.807, 2.05) is 12.1 Å². The predicted octanol–water partition coefficient (Wildman–Crippen LogP) is 3.61. The number of hydrogen-bond acceptors (Lipinski definition) is 4. The zero-order valence-corrected chi connectivity index (χ0v) is 14.5. The highest BCUT2D eigenvalue weighted by Crippen LogP contribution is 2.38. The summed E-state index contributed by atoms with van der Waals surface area (Å²) in [4.78, 5) is 0. The van der Waals surface area contributed by atoms with Gasteiger partial charge in [-0.3, -0.25) is 0 Å². The van der Waals surface area contributed by atoms with Crippen molar-refractivity contribution in [1.29, 1.82) is 0 Å². The fraction of sp³-hybridized carbons (Fsp3) is 0.684. The number of hydrogen-bond donors (Lipinski definition) is 0. The van der Waals surface area contributed by atoms with E-state index < -0.39 is 0 Å². The summed E-state index contributed by atoms with van der Waals surface area (Å²) in [5.41, 5.74) is 1.46. The summed E-state index contributed by atoms with van der Waals surface area (Å²) in [5, 5.41) is 0. The summed E-state index contributed by atoms with van der Waals surface area (Å²) in [6.07, 6.45) is 2.15. The Labute approximate surface area is 139 Å². The molecule has 0 N–H and O–H groups in total. The SMILES string of the molecule is CCC1(COc2cccc(C)c2OCC2(CC)COC2)COC1. The Morgan fingerprint density at radius 2 is 1.48 bits per heavy atom. The van der Waals surface area contributed by atoms with Crippen LogP contribution in [-0.4, -0.2) is 39.6 Å². The standard InChI is InChI=1S/C19H28O4/c1-4-18(9-20-10-18)13-22-16-8-6-7-15(3)17(16)23-14-19(5-2)11-21-12-19/h6-8H,4-5,9-14H2,1-3H3. The Morgan fingerprint density at radius 1 is 0.913 bits per heavy atom. The molecule has 2 aliphatic rings. The molecule has 0 bridgehead atoms. The zero-order chi connectivity index (χ0) is 16.3. The van der Waals surface area contributed by atoms with Crippen molar-refractivity contribution in [2.45, 2.75) is 33.6 Å². The van der Waals surface area contributed by atoms with Crippen LogP contribution >= 0.6 is 0 Å². The van der Waals surface area contributed by atoms with Gasteiger partial charge in [0.1, 0.15) is 0 Å². The van der Waals surface area contributed by atoms with Gasteiger partial charge in [0.05, 0.1) is 50.5 Å². The van der Waals surface area contributed by atoms with Gasteiger partial charge in [-0.05, 0) is 31.4 Å². The van der Waals surface area contributed by atoms with Crippen molar-refractivity contribution in [2.24, 2.45) is 10.8 Å². The number of ether oxygens (including phenoxy) is 4. The van der Waals surface area contributed by atoms with E-state index in [4.69, 9.17) is 18.9 Å². The maximum absolute atomic E-state index is 6.18. The van der Waals surface area contributed by atoms with Gasteiger partial charge in [-0.25, -0.2) is 0 Å². The molecule has 1 aromatic rings. The first-order valence-corrected chi connectivity index (χ1v) is 8.63. The molecule has 2 heterocycles. The molecule has 0 aromatic heterocycles. The lowest BCUT2D eigenvalue weighted by atomic mass is 9.84. The number of aryl methyl sites for hydroxylation is 1.